The molecular formula is C26H35N5O. The standard InChI is InChI=1S/C26H35N5O/c1-20-16-30(11-12-31(20)25-5-3-2-4-6-25)26(32)18-29-10-9-22-13-21(7-8-23(22)17-29)24-14-27-19-28-15-24/h7-8,13-15,19-20,25H,2-6,9-12,16-18H2,1H3/t20-/m1/s1. The Bertz CT molecular complexity index is 927. The van der Waals surface area contributed by atoms with E-state index in [9.17, 15) is 4.79 Å². The van der Waals surface area contributed by atoms with Gasteiger partial charge in [-0.15, -0.1) is 0 Å². The number of hydrogen-bond acceptors (Lipinski definition) is 5. The van der Waals surface area contributed by atoms with Crippen molar-refractivity contribution in [1.29, 1.82) is 0 Å². The van der Waals surface area contributed by atoms with Crippen LogP contribution in [0.25, 0.3) is 11.1 Å². The van der Waals surface area contributed by atoms with Gasteiger partial charge in [-0.05, 0) is 42.9 Å². The number of benzene rings is 1. The van der Waals surface area contributed by atoms with Gasteiger partial charge in [-0.25, -0.2) is 9.97 Å². The lowest BCUT2D eigenvalue weighted by Crippen LogP contribution is -2.58. The molecule has 2 aliphatic heterocycles. The fraction of sp³-hybridized carbons (Fsp3) is 0.577. The number of carbonyl (C=O) groups is 1. The number of rotatable bonds is 4. The first-order valence-corrected chi connectivity index (χ1v) is 12.3. The molecule has 32 heavy (non-hydrogen) atoms. The van der Waals surface area contributed by atoms with Crippen molar-refractivity contribution in [2.24, 2.45) is 0 Å². The largest absolute Gasteiger partial charge is 0.339 e. The maximum atomic E-state index is 13.1. The molecule has 1 aromatic heterocycles. The third kappa shape index (κ3) is 4.71. The average Bonchev–Trinajstić information content (AvgIpc) is 2.84. The van der Waals surface area contributed by atoms with E-state index in [0.29, 0.717) is 18.5 Å². The van der Waals surface area contributed by atoms with Crippen LogP contribution < -0.4 is 0 Å². The highest BCUT2D eigenvalue weighted by atomic mass is 16.2. The van der Waals surface area contributed by atoms with E-state index in [2.05, 4.69) is 49.8 Å². The van der Waals surface area contributed by atoms with Gasteiger partial charge in [-0.2, -0.15) is 0 Å². The van der Waals surface area contributed by atoms with E-state index in [1.54, 1.807) is 6.33 Å². The topological polar surface area (TPSA) is 52.6 Å². The van der Waals surface area contributed by atoms with Gasteiger partial charge < -0.3 is 4.90 Å². The number of amides is 1. The summed E-state index contributed by atoms with van der Waals surface area (Å²) in [5.41, 5.74) is 4.93. The molecule has 1 amide bonds. The second kappa shape index (κ2) is 9.67. The summed E-state index contributed by atoms with van der Waals surface area (Å²) in [7, 11) is 0. The maximum Gasteiger partial charge on any atom is 0.236 e. The quantitative estimate of drug-likeness (QED) is 0.740. The van der Waals surface area contributed by atoms with Crippen molar-refractivity contribution in [1.82, 2.24) is 24.7 Å². The van der Waals surface area contributed by atoms with Gasteiger partial charge in [-0.1, -0.05) is 37.5 Å². The van der Waals surface area contributed by atoms with Crippen LogP contribution >= 0.6 is 0 Å². The molecule has 6 heteroatoms. The van der Waals surface area contributed by atoms with Gasteiger partial charge in [0.1, 0.15) is 6.33 Å². The highest BCUT2D eigenvalue weighted by Crippen LogP contribution is 2.27. The number of carbonyl (C=O) groups excluding carboxylic acids is 1. The zero-order chi connectivity index (χ0) is 21.9. The van der Waals surface area contributed by atoms with Crippen molar-refractivity contribution in [2.45, 2.75) is 64.1 Å². The highest BCUT2D eigenvalue weighted by molar-refractivity contribution is 5.78. The molecule has 6 nitrogen and oxygen atoms in total. The van der Waals surface area contributed by atoms with E-state index in [1.165, 1.54) is 48.8 Å². The number of nitrogens with zero attached hydrogens (tertiary/aromatic N) is 5. The van der Waals surface area contributed by atoms with Gasteiger partial charge >= 0.3 is 0 Å². The van der Waals surface area contributed by atoms with Crippen LogP contribution in [0.5, 0.6) is 0 Å². The first kappa shape index (κ1) is 21.5. The molecular weight excluding hydrogens is 398 g/mol. The summed E-state index contributed by atoms with van der Waals surface area (Å²) < 4.78 is 0. The number of fused-ring (bicyclic) bond motifs is 1. The van der Waals surface area contributed by atoms with Gasteiger partial charge in [0.2, 0.25) is 5.91 Å². The minimum absolute atomic E-state index is 0.293. The first-order valence-electron chi connectivity index (χ1n) is 12.3. The normalized spacial score (nSPS) is 23.2. The molecule has 0 radical (unpaired) electrons. The van der Waals surface area contributed by atoms with Crippen molar-refractivity contribution in [3.8, 4) is 11.1 Å². The fourth-order valence-corrected chi connectivity index (χ4v) is 5.82. The first-order chi connectivity index (χ1) is 15.7. The minimum Gasteiger partial charge on any atom is -0.339 e. The molecule has 2 aromatic rings. The predicted octanol–water partition coefficient (Wildman–Crippen LogP) is 3.37. The van der Waals surface area contributed by atoms with Crippen LogP contribution in [0.2, 0.25) is 0 Å². The second-order valence-corrected chi connectivity index (χ2v) is 9.79. The van der Waals surface area contributed by atoms with E-state index in [0.717, 1.165) is 50.7 Å². The zero-order valence-electron chi connectivity index (χ0n) is 19.2. The van der Waals surface area contributed by atoms with Crippen LogP contribution in [0.15, 0.2) is 36.9 Å². The molecule has 1 saturated heterocycles. The van der Waals surface area contributed by atoms with E-state index < -0.39 is 0 Å². The van der Waals surface area contributed by atoms with Crippen LogP contribution in [0.3, 0.4) is 0 Å². The molecule has 5 rings (SSSR count). The Morgan fingerprint density at radius 1 is 1.00 bits per heavy atom. The van der Waals surface area contributed by atoms with Crippen molar-refractivity contribution >= 4 is 5.91 Å². The lowest BCUT2D eigenvalue weighted by molar-refractivity contribution is -0.136. The van der Waals surface area contributed by atoms with E-state index in [-0.39, 0.29) is 0 Å². The summed E-state index contributed by atoms with van der Waals surface area (Å²) in [4.78, 5) is 28.5. The molecule has 2 fully saturated rings. The van der Waals surface area contributed by atoms with Gasteiger partial charge in [0, 0.05) is 62.8 Å². The summed E-state index contributed by atoms with van der Waals surface area (Å²) in [6.07, 6.45) is 13.1. The molecule has 3 heterocycles. The van der Waals surface area contributed by atoms with Gasteiger partial charge in [0.05, 0.1) is 6.54 Å². The lowest BCUT2D eigenvalue weighted by atomic mass is 9.92. The molecule has 0 unspecified atom stereocenters. The molecule has 0 bridgehead atoms. The van der Waals surface area contributed by atoms with Gasteiger partial charge in [-0.3, -0.25) is 14.6 Å². The van der Waals surface area contributed by atoms with Crippen LogP contribution in [0.1, 0.15) is 50.2 Å². The van der Waals surface area contributed by atoms with Crippen LogP contribution in [0, 0.1) is 0 Å². The molecule has 1 aromatic carbocycles. The van der Waals surface area contributed by atoms with Crippen LogP contribution in [-0.2, 0) is 17.8 Å². The van der Waals surface area contributed by atoms with Crippen molar-refractivity contribution in [2.75, 3.05) is 32.7 Å². The van der Waals surface area contributed by atoms with Gasteiger partial charge in [0.25, 0.3) is 0 Å². The summed E-state index contributed by atoms with van der Waals surface area (Å²) in [5, 5.41) is 0. The summed E-state index contributed by atoms with van der Waals surface area (Å²) in [6, 6.07) is 7.83. The Labute approximate surface area is 191 Å². The SMILES string of the molecule is C[C@@H]1CN(C(=O)CN2CCc3cc(-c4cncnc4)ccc3C2)CCN1C1CCCCC1. The molecule has 1 atom stereocenters. The van der Waals surface area contributed by atoms with Gasteiger partial charge in [0.15, 0.2) is 0 Å². The third-order valence-electron chi connectivity index (χ3n) is 7.63. The monoisotopic (exact) mass is 433 g/mol. The molecule has 170 valence electrons. The summed E-state index contributed by atoms with van der Waals surface area (Å²) >= 11 is 0. The minimum atomic E-state index is 0.293. The van der Waals surface area contributed by atoms with E-state index in [1.807, 2.05) is 12.4 Å². The Kier molecular flexibility index (Phi) is 6.51. The Balaban J connectivity index is 1.16. The second-order valence-electron chi connectivity index (χ2n) is 9.79. The number of hydrogen-bond donors (Lipinski definition) is 0. The number of aromatic nitrogens is 2. The average molecular weight is 434 g/mol. The smallest absolute Gasteiger partial charge is 0.236 e. The Hall–Kier alpha value is -2.31. The fourth-order valence-electron chi connectivity index (χ4n) is 5.82. The Morgan fingerprint density at radius 2 is 1.81 bits per heavy atom. The molecule has 1 aliphatic carbocycles. The number of piperazine rings is 1. The van der Waals surface area contributed by atoms with Crippen LogP contribution in [-0.4, -0.2) is 75.4 Å². The molecule has 1 saturated carbocycles. The summed E-state index contributed by atoms with van der Waals surface area (Å²) in [5.74, 6) is 0.293. The van der Waals surface area contributed by atoms with Crippen molar-refractivity contribution in [3.05, 3.63) is 48.0 Å². The lowest BCUT2D eigenvalue weighted by Gasteiger charge is -2.45. The van der Waals surface area contributed by atoms with Crippen molar-refractivity contribution in [3.63, 3.8) is 0 Å². The Morgan fingerprint density at radius 3 is 2.59 bits per heavy atom. The highest BCUT2D eigenvalue weighted by Gasteiger charge is 2.32. The third-order valence-corrected chi connectivity index (χ3v) is 7.63. The predicted molar refractivity (Wildman–Crippen MR) is 126 cm³/mol. The van der Waals surface area contributed by atoms with Crippen molar-refractivity contribution < 1.29 is 4.79 Å². The molecule has 3 aliphatic rings. The maximum absolute atomic E-state index is 13.1. The van der Waals surface area contributed by atoms with Crippen LogP contribution in [0.4, 0.5) is 0 Å². The molecule has 0 N–H and O–H groups in total. The zero-order valence-corrected chi connectivity index (χ0v) is 19.2. The van der Waals surface area contributed by atoms with E-state index >= 15 is 0 Å². The summed E-state index contributed by atoms with van der Waals surface area (Å²) in [6.45, 7) is 7.42. The van der Waals surface area contributed by atoms with E-state index in [4.69, 9.17) is 0 Å². The molecule has 0 spiro atoms.